The summed E-state index contributed by atoms with van der Waals surface area (Å²) in [5.74, 6) is -0.329. The number of aryl methyl sites for hydroxylation is 2. The first-order valence-electron chi connectivity index (χ1n) is 8.04. The summed E-state index contributed by atoms with van der Waals surface area (Å²) in [6.07, 6.45) is 4.28. The second-order valence-corrected chi connectivity index (χ2v) is 5.99. The summed E-state index contributed by atoms with van der Waals surface area (Å²) in [7, 11) is 0. The molecule has 6 nitrogen and oxygen atoms in total. The van der Waals surface area contributed by atoms with Crippen molar-refractivity contribution in [2.45, 2.75) is 27.2 Å². The molecule has 0 amide bonds. The highest BCUT2D eigenvalue weighted by atomic mass is 16.4. The summed E-state index contributed by atoms with van der Waals surface area (Å²) in [6.45, 7) is 10.1. The molecule has 1 aromatic carbocycles. The highest BCUT2D eigenvalue weighted by Gasteiger charge is 2.15. The summed E-state index contributed by atoms with van der Waals surface area (Å²) in [5.41, 5.74) is 5.86. The largest absolute Gasteiger partial charge is 0.478 e. The van der Waals surface area contributed by atoms with E-state index in [0.29, 0.717) is 11.5 Å². The summed E-state index contributed by atoms with van der Waals surface area (Å²) in [5, 5.41) is 16.7. The molecule has 3 rings (SSSR count). The van der Waals surface area contributed by atoms with Gasteiger partial charge < -0.3 is 10.4 Å². The number of allylic oxidation sites excluding steroid dienone is 1. The number of fused-ring (bicyclic) bond motifs is 1. The van der Waals surface area contributed by atoms with Crippen molar-refractivity contribution in [3.05, 3.63) is 59.6 Å². The molecule has 2 heterocycles. The zero-order chi connectivity index (χ0) is 18.1. The molecule has 6 heteroatoms. The van der Waals surface area contributed by atoms with E-state index in [0.717, 1.165) is 34.2 Å². The highest BCUT2D eigenvalue weighted by Crippen LogP contribution is 2.30. The van der Waals surface area contributed by atoms with Gasteiger partial charge >= 0.3 is 5.97 Å². The van der Waals surface area contributed by atoms with Crippen molar-refractivity contribution < 1.29 is 9.90 Å². The van der Waals surface area contributed by atoms with E-state index in [9.17, 15) is 9.90 Å². The van der Waals surface area contributed by atoms with Crippen LogP contribution in [0.1, 0.15) is 40.4 Å². The van der Waals surface area contributed by atoms with E-state index < -0.39 is 5.97 Å². The van der Waals surface area contributed by atoms with Gasteiger partial charge in [0.1, 0.15) is 11.8 Å². The SMILES string of the molecule is C=C(CC)c1cn2ncnc(Nc3cc(C(=O)O)ccc3C)c2c1C. The van der Waals surface area contributed by atoms with Crippen molar-refractivity contribution >= 4 is 28.6 Å². The van der Waals surface area contributed by atoms with Gasteiger partial charge in [-0.05, 0) is 49.1 Å². The topological polar surface area (TPSA) is 79.5 Å². The van der Waals surface area contributed by atoms with Crippen LogP contribution < -0.4 is 5.32 Å². The Hall–Kier alpha value is -3.15. The summed E-state index contributed by atoms with van der Waals surface area (Å²) >= 11 is 0. The molecule has 0 spiro atoms. The molecule has 25 heavy (non-hydrogen) atoms. The average molecular weight is 336 g/mol. The molecule has 0 aliphatic rings. The highest BCUT2D eigenvalue weighted by molar-refractivity contribution is 5.90. The lowest BCUT2D eigenvalue weighted by molar-refractivity contribution is 0.0697. The molecule has 0 aliphatic carbocycles. The summed E-state index contributed by atoms with van der Waals surface area (Å²) < 4.78 is 1.78. The van der Waals surface area contributed by atoms with Crippen LogP contribution in [0.5, 0.6) is 0 Å². The fourth-order valence-electron chi connectivity index (χ4n) is 2.82. The van der Waals surface area contributed by atoms with E-state index in [-0.39, 0.29) is 5.56 Å². The van der Waals surface area contributed by atoms with Gasteiger partial charge in [0.15, 0.2) is 5.82 Å². The van der Waals surface area contributed by atoms with Gasteiger partial charge in [-0.2, -0.15) is 5.10 Å². The minimum absolute atomic E-state index is 0.227. The molecule has 0 fully saturated rings. The van der Waals surface area contributed by atoms with Crippen molar-refractivity contribution in [1.29, 1.82) is 0 Å². The predicted octanol–water partition coefficient (Wildman–Crippen LogP) is 4.21. The Bertz CT molecular complexity index is 988. The maximum absolute atomic E-state index is 11.2. The van der Waals surface area contributed by atoms with Crippen LogP contribution in [0.2, 0.25) is 0 Å². The number of benzene rings is 1. The molecule has 0 atom stereocenters. The third kappa shape index (κ3) is 2.98. The lowest BCUT2D eigenvalue weighted by Crippen LogP contribution is -2.03. The molecule has 0 saturated carbocycles. The number of nitrogens with zero attached hydrogens (tertiary/aromatic N) is 3. The molecular formula is C19H20N4O2. The average Bonchev–Trinajstić information content (AvgIpc) is 2.94. The number of carbonyl (C=O) groups is 1. The van der Waals surface area contributed by atoms with Crippen LogP contribution in [0.15, 0.2) is 37.3 Å². The third-order valence-electron chi connectivity index (χ3n) is 4.37. The first-order chi connectivity index (χ1) is 11.9. The van der Waals surface area contributed by atoms with Gasteiger partial charge in [-0.3, -0.25) is 0 Å². The van der Waals surface area contributed by atoms with Gasteiger partial charge in [0.25, 0.3) is 0 Å². The Labute approximate surface area is 145 Å². The van der Waals surface area contributed by atoms with Crippen LogP contribution in [0.4, 0.5) is 11.5 Å². The van der Waals surface area contributed by atoms with Gasteiger partial charge in [0, 0.05) is 17.4 Å². The van der Waals surface area contributed by atoms with Crippen molar-refractivity contribution in [2.24, 2.45) is 0 Å². The molecule has 2 aromatic heterocycles. The minimum Gasteiger partial charge on any atom is -0.478 e. The Morgan fingerprint density at radius 3 is 2.80 bits per heavy atom. The Morgan fingerprint density at radius 2 is 2.12 bits per heavy atom. The number of aromatic carboxylic acids is 1. The molecule has 0 bridgehead atoms. The number of rotatable bonds is 5. The van der Waals surface area contributed by atoms with Gasteiger partial charge in [-0.25, -0.2) is 14.3 Å². The summed E-state index contributed by atoms with van der Waals surface area (Å²) in [6, 6.07) is 4.98. The number of carboxylic acid groups (broad SMARTS) is 1. The van der Waals surface area contributed by atoms with Crippen LogP contribution in [-0.2, 0) is 0 Å². The second-order valence-electron chi connectivity index (χ2n) is 5.99. The predicted molar refractivity (Wildman–Crippen MR) is 98.5 cm³/mol. The number of nitrogens with one attached hydrogen (secondary N) is 1. The molecule has 2 N–H and O–H groups in total. The van der Waals surface area contributed by atoms with Crippen LogP contribution in [0, 0.1) is 13.8 Å². The van der Waals surface area contributed by atoms with E-state index in [4.69, 9.17) is 0 Å². The number of hydrogen-bond donors (Lipinski definition) is 2. The molecule has 0 unspecified atom stereocenters. The molecule has 0 saturated heterocycles. The van der Waals surface area contributed by atoms with Gasteiger partial charge in [-0.15, -0.1) is 0 Å². The fourth-order valence-corrected chi connectivity index (χ4v) is 2.82. The van der Waals surface area contributed by atoms with Crippen LogP contribution in [0.3, 0.4) is 0 Å². The van der Waals surface area contributed by atoms with E-state index in [2.05, 4.69) is 28.9 Å². The van der Waals surface area contributed by atoms with Gasteiger partial charge in [0.2, 0.25) is 0 Å². The molecular weight excluding hydrogens is 316 g/mol. The van der Waals surface area contributed by atoms with E-state index in [1.54, 1.807) is 22.7 Å². The summed E-state index contributed by atoms with van der Waals surface area (Å²) in [4.78, 5) is 15.6. The van der Waals surface area contributed by atoms with Crippen LogP contribution in [-0.4, -0.2) is 25.7 Å². The standard InChI is InChI=1S/C19H20N4O2/c1-5-11(2)15-9-23-17(13(15)4)18(20-10-21-23)22-16-8-14(19(24)25)7-6-12(16)3/h6-10H,2,5H2,1,3-4H3,(H,24,25)(H,20,21,22). The lowest BCUT2D eigenvalue weighted by atomic mass is 10.0. The normalized spacial score (nSPS) is 10.8. The van der Waals surface area contributed by atoms with Gasteiger partial charge in [-0.1, -0.05) is 19.6 Å². The first kappa shape index (κ1) is 16.7. The number of hydrogen-bond acceptors (Lipinski definition) is 4. The number of anilines is 2. The maximum Gasteiger partial charge on any atom is 0.335 e. The minimum atomic E-state index is -0.962. The van der Waals surface area contributed by atoms with Crippen LogP contribution >= 0.6 is 0 Å². The molecule has 128 valence electrons. The molecule has 3 aromatic rings. The Balaban J connectivity index is 2.11. The maximum atomic E-state index is 11.2. The van der Waals surface area contributed by atoms with Crippen molar-refractivity contribution in [1.82, 2.24) is 14.6 Å². The molecule has 0 aliphatic heterocycles. The fraction of sp³-hybridized carbons (Fsp3) is 0.211. The lowest BCUT2D eigenvalue weighted by Gasteiger charge is -2.11. The number of carboxylic acids is 1. The third-order valence-corrected chi connectivity index (χ3v) is 4.37. The van der Waals surface area contributed by atoms with Crippen molar-refractivity contribution in [2.75, 3.05) is 5.32 Å². The zero-order valence-corrected chi connectivity index (χ0v) is 14.5. The zero-order valence-electron chi connectivity index (χ0n) is 14.5. The smallest absolute Gasteiger partial charge is 0.335 e. The van der Waals surface area contributed by atoms with Crippen molar-refractivity contribution in [3.8, 4) is 0 Å². The Morgan fingerprint density at radius 1 is 1.36 bits per heavy atom. The number of aromatic nitrogens is 3. The molecule has 0 radical (unpaired) electrons. The quantitative estimate of drug-likeness (QED) is 0.729. The van der Waals surface area contributed by atoms with E-state index in [1.807, 2.05) is 20.0 Å². The first-order valence-corrected chi connectivity index (χ1v) is 8.04. The second kappa shape index (κ2) is 6.39. The van der Waals surface area contributed by atoms with Crippen LogP contribution in [0.25, 0.3) is 11.1 Å². The van der Waals surface area contributed by atoms with Gasteiger partial charge in [0.05, 0.1) is 5.56 Å². The van der Waals surface area contributed by atoms with E-state index >= 15 is 0 Å². The van der Waals surface area contributed by atoms with E-state index in [1.165, 1.54) is 6.33 Å². The monoisotopic (exact) mass is 336 g/mol. The Kier molecular flexibility index (Phi) is 4.27. The van der Waals surface area contributed by atoms with Crippen molar-refractivity contribution in [3.63, 3.8) is 0 Å².